The summed E-state index contributed by atoms with van der Waals surface area (Å²) in [7, 11) is 3.06. The van der Waals surface area contributed by atoms with Gasteiger partial charge < -0.3 is 39.7 Å². The second-order valence-corrected chi connectivity index (χ2v) is 11.8. The van der Waals surface area contributed by atoms with Crippen LogP contribution in [0.2, 0.25) is 0 Å². The van der Waals surface area contributed by atoms with E-state index in [0.29, 0.717) is 39.2 Å². The minimum atomic E-state index is -0.895. The van der Waals surface area contributed by atoms with Crippen molar-refractivity contribution in [3.8, 4) is 0 Å². The monoisotopic (exact) mass is 714 g/mol. The average molecular weight is 715 g/mol. The predicted octanol–water partition coefficient (Wildman–Crippen LogP) is 1.97. The van der Waals surface area contributed by atoms with E-state index in [4.69, 9.17) is 23.8 Å². The lowest BCUT2D eigenvalue weighted by atomic mass is 10.0. The van der Waals surface area contributed by atoms with E-state index in [9.17, 15) is 24.0 Å². The molecule has 0 radical (unpaired) electrons. The fourth-order valence-corrected chi connectivity index (χ4v) is 4.80. The molecule has 0 aliphatic carbocycles. The molecular weight excluding hydrogens is 660 g/mol. The largest absolute Gasteiger partial charge is 0.382 e. The van der Waals surface area contributed by atoms with Crippen molar-refractivity contribution in [1.82, 2.24) is 21.4 Å². The maximum atomic E-state index is 12.9. The molecule has 1 atom stereocenters. The van der Waals surface area contributed by atoms with Crippen LogP contribution in [0.5, 0.6) is 0 Å². The highest BCUT2D eigenvalue weighted by Crippen LogP contribution is 2.11. The molecule has 0 aromatic heterocycles. The maximum Gasteiger partial charge on any atom is 0.334 e. The summed E-state index contributed by atoms with van der Waals surface area (Å²) in [6.45, 7) is 1.21. The Hall–Kier alpha value is -4.37. The molecule has 0 aliphatic heterocycles. The van der Waals surface area contributed by atoms with Crippen molar-refractivity contribution in [3.63, 3.8) is 0 Å². The van der Waals surface area contributed by atoms with Crippen LogP contribution in [-0.2, 0) is 67.0 Å². The summed E-state index contributed by atoms with van der Waals surface area (Å²) in [6.07, 6.45) is 5.36. The first-order valence-electron chi connectivity index (χ1n) is 17.4. The van der Waals surface area contributed by atoms with E-state index in [0.717, 1.165) is 31.2 Å². The minimum absolute atomic E-state index is 0.0424. The predicted molar refractivity (Wildman–Crippen MR) is 189 cm³/mol. The Balaban J connectivity index is 1.67. The summed E-state index contributed by atoms with van der Waals surface area (Å²) in [4.78, 5) is 66.6. The summed E-state index contributed by atoms with van der Waals surface area (Å²) >= 11 is 0. The van der Waals surface area contributed by atoms with Gasteiger partial charge in [0, 0.05) is 27.3 Å². The molecule has 2 aromatic carbocycles. The first-order valence-corrected chi connectivity index (χ1v) is 17.4. The smallest absolute Gasteiger partial charge is 0.334 e. The van der Waals surface area contributed by atoms with Gasteiger partial charge in [-0.25, -0.2) is 4.79 Å². The van der Waals surface area contributed by atoms with Gasteiger partial charge in [0.15, 0.2) is 0 Å². The summed E-state index contributed by atoms with van der Waals surface area (Å²) in [5.41, 5.74) is 5.48. The molecule has 0 fully saturated rings. The molecule has 0 aliphatic rings. The lowest BCUT2D eigenvalue weighted by Gasteiger charge is -2.18. The summed E-state index contributed by atoms with van der Waals surface area (Å²) in [5.74, 6) is -2.45. The highest BCUT2D eigenvalue weighted by Gasteiger charge is 2.21. The molecular formula is C37H54N4O10. The minimum Gasteiger partial charge on any atom is -0.382 e. The van der Waals surface area contributed by atoms with Crippen LogP contribution in [0.25, 0.3) is 0 Å². The van der Waals surface area contributed by atoms with Crippen LogP contribution < -0.4 is 21.4 Å². The van der Waals surface area contributed by atoms with Crippen LogP contribution in [0.3, 0.4) is 0 Å². The molecule has 282 valence electrons. The molecule has 51 heavy (non-hydrogen) atoms. The van der Waals surface area contributed by atoms with E-state index in [1.807, 2.05) is 30.3 Å². The van der Waals surface area contributed by atoms with Crippen molar-refractivity contribution >= 4 is 29.6 Å². The molecule has 0 bridgehead atoms. The number of unbranched alkanes of at least 4 members (excludes halogenated alkanes) is 2. The third-order valence-corrected chi connectivity index (χ3v) is 7.54. The number of benzene rings is 2. The molecule has 2 aromatic rings. The first-order chi connectivity index (χ1) is 24.8. The van der Waals surface area contributed by atoms with Crippen molar-refractivity contribution in [3.05, 3.63) is 71.3 Å². The molecule has 0 spiro atoms. The van der Waals surface area contributed by atoms with Crippen LogP contribution in [0.4, 0.5) is 0 Å². The topological polar surface area (TPSA) is 180 Å². The van der Waals surface area contributed by atoms with Crippen LogP contribution in [0, 0.1) is 0 Å². The van der Waals surface area contributed by atoms with Gasteiger partial charge in [-0.2, -0.15) is 5.48 Å². The van der Waals surface area contributed by atoms with Crippen molar-refractivity contribution in [2.75, 3.05) is 67.0 Å². The van der Waals surface area contributed by atoms with Gasteiger partial charge in [0.05, 0.1) is 39.3 Å². The highest BCUT2D eigenvalue weighted by molar-refractivity contribution is 5.88. The van der Waals surface area contributed by atoms with Gasteiger partial charge in [-0.05, 0) is 61.6 Å². The standard InChI is InChI=1S/C37H54N4O10/c1-47-22-24-49-27-34(43)38-20-9-8-14-32(40-35(44)28-50-25-23-48-2)37(46)39-21-19-36(45)51-41-33(42)26-31-17-15-30(16-18-31)13-7-6-12-29-10-4-3-5-11-29/h3-5,10-11,15-18,32H,6-9,12-14,19-28H2,1-2H3,(H,38,43)(H,39,46)(H,40,44)(H,41,42)/t32-/m0/s1. The number of carbonyl (C=O) groups is 5. The van der Waals surface area contributed by atoms with Crippen LogP contribution in [-0.4, -0.2) is 103 Å². The van der Waals surface area contributed by atoms with E-state index in [1.165, 1.54) is 18.2 Å². The van der Waals surface area contributed by atoms with E-state index in [2.05, 4.69) is 45.7 Å². The quantitative estimate of drug-likeness (QED) is 0.0790. The number of hydroxylamine groups is 1. The van der Waals surface area contributed by atoms with Crippen molar-refractivity contribution in [2.45, 2.75) is 63.8 Å². The van der Waals surface area contributed by atoms with Gasteiger partial charge in [-0.3, -0.25) is 19.2 Å². The van der Waals surface area contributed by atoms with Gasteiger partial charge >= 0.3 is 5.97 Å². The third kappa shape index (κ3) is 21.5. The third-order valence-electron chi connectivity index (χ3n) is 7.54. The fraction of sp³-hybridized carbons (Fsp3) is 0.541. The number of ether oxygens (including phenoxy) is 4. The Morgan fingerprint density at radius 1 is 0.627 bits per heavy atom. The molecule has 2 rings (SSSR count). The Bertz CT molecular complexity index is 1290. The molecule has 0 saturated carbocycles. The van der Waals surface area contributed by atoms with Gasteiger partial charge in [0.2, 0.25) is 17.7 Å². The Morgan fingerprint density at radius 3 is 1.88 bits per heavy atom. The lowest BCUT2D eigenvalue weighted by Crippen LogP contribution is -2.48. The maximum absolute atomic E-state index is 12.9. The second-order valence-electron chi connectivity index (χ2n) is 11.8. The van der Waals surface area contributed by atoms with Crippen LogP contribution in [0.1, 0.15) is 55.2 Å². The van der Waals surface area contributed by atoms with Crippen molar-refractivity contribution in [2.24, 2.45) is 0 Å². The molecule has 14 nitrogen and oxygen atoms in total. The molecule has 14 heteroatoms. The van der Waals surface area contributed by atoms with Crippen molar-refractivity contribution in [1.29, 1.82) is 0 Å². The van der Waals surface area contributed by atoms with Gasteiger partial charge in [0.25, 0.3) is 5.91 Å². The summed E-state index contributed by atoms with van der Waals surface area (Å²) in [6, 6.07) is 17.3. The Kier molecular flexibility index (Phi) is 23.0. The summed E-state index contributed by atoms with van der Waals surface area (Å²) in [5, 5.41) is 8.00. The molecule has 4 N–H and O–H groups in total. The molecule has 0 saturated heterocycles. The zero-order valence-electron chi connectivity index (χ0n) is 29.9. The van der Waals surface area contributed by atoms with E-state index < -0.39 is 29.7 Å². The number of methoxy groups -OCH3 is 2. The fourth-order valence-electron chi connectivity index (χ4n) is 4.80. The Labute approximate surface area is 300 Å². The lowest BCUT2D eigenvalue weighted by molar-refractivity contribution is -0.158. The second kappa shape index (κ2) is 27.4. The zero-order valence-corrected chi connectivity index (χ0v) is 29.9. The molecule has 0 unspecified atom stereocenters. The summed E-state index contributed by atoms with van der Waals surface area (Å²) < 4.78 is 20.2. The SMILES string of the molecule is COCCOCC(=O)NCCCC[C@H](NC(=O)COCCOC)C(=O)NCCC(=O)ONC(=O)Cc1ccc(CCCCc2ccccc2)cc1. The number of hydrogen-bond acceptors (Lipinski definition) is 10. The normalized spacial score (nSPS) is 11.3. The highest BCUT2D eigenvalue weighted by atomic mass is 16.7. The number of nitrogens with one attached hydrogen (secondary N) is 4. The molecule has 4 amide bonds. The van der Waals surface area contributed by atoms with Crippen LogP contribution >= 0.6 is 0 Å². The van der Waals surface area contributed by atoms with Gasteiger partial charge in [-0.15, -0.1) is 0 Å². The number of rotatable bonds is 27. The number of hydrogen-bond donors (Lipinski definition) is 4. The van der Waals surface area contributed by atoms with Crippen molar-refractivity contribution < 1.29 is 47.8 Å². The number of amides is 4. The van der Waals surface area contributed by atoms with E-state index in [-0.39, 0.29) is 51.5 Å². The Morgan fingerprint density at radius 2 is 1.24 bits per heavy atom. The number of aryl methyl sites for hydroxylation is 2. The van der Waals surface area contributed by atoms with Crippen LogP contribution in [0.15, 0.2) is 54.6 Å². The van der Waals surface area contributed by atoms with Gasteiger partial charge in [0.1, 0.15) is 19.3 Å². The zero-order chi connectivity index (χ0) is 36.9. The average Bonchev–Trinajstić information content (AvgIpc) is 3.13. The van der Waals surface area contributed by atoms with E-state index >= 15 is 0 Å². The number of carbonyl (C=O) groups excluding carboxylic acids is 5. The van der Waals surface area contributed by atoms with Gasteiger partial charge in [-0.1, -0.05) is 54.6 Å². The molecule has 0 heterocycles. The first kappa shape index (κ1) is 42.8. The van der Waals surface area contributed by atoms with E-state index in [1.54, 1.807) is 7.11 Å².